The summed E-state index contributed by atoms with van der Waals surface area (Å²) in [5.41, 5.74) is 0.637. The largest absolute Gasteiger partial charge is 0.162 e. The van der Waals surface area contributed by atoms with Gasteiger partial charge in [-0.3, -0.25) is 0 Å². The van der Waals surface area contributed by atoms with Gasteiger partial charge in [-0.1, -0.05) is 66.2 Å². The minimum absolute atomic E-state index is 0.637. The topological polar surface area (TPSA) is 0 Å². The quantitative estimate of drug-likeness (QED) is 0.337. The molecule has 1 atom stereocenters. The van der Waals surface area contributed by atoms with Crippen molar-refractivity contribution in [1.29, 1.82) is 0 Å². The van der Waals surface area contributed by atoms with E-state index in [1.54, 1.807) is 0 Å². The highest BCUT2D eigenvalue weighted by Gasteiger charge is 2.22. The monoisotopic (exact) mass is 272 g/mol. The van der Waals surface area contributed by atoms with Crippen LogP contribution in [0.25, 0.3) is 0 Å². The van der Waals surface area contributed by atoms with Crippen LogP contribution in [0.15, 0.2) is 0 Å². The molecule has 0 spiro atoms. The van der Waals surface area contributed by atoms with Gasteiger partial charge in [0.05, 0.1) is 0 Å². The zero-order chi connectivity index (χ0) is 13.7. The van der Waals surface area contributed by atoms with Crippen LogP contribution in [0.4, 0.5) is 0 Å². The molecule has 0 nitrogen and oxygen atoms in total. The molecule has 1 unspecified atom stereocenters. The molecule has 0 saturated carbocycles. The van der Waals surface area contributed by atoms with Gasteiger partial charge in [-0.25, -0.2) is 0 Å². The Morgan fingerprint density at radius 1 is 0.722 bits per heavy atom. The van der Waals surface area contributed by atoms with Crippen molar-refractivity contribution in [3.8, 4) is 0 Å². The van der Waals surface area contributed by atoms with Crippen molar-refractivity contribution < 1.29 is 0 Å². The zero-order valence-electron chi connectivity index (χ0n) is 13.4. The zero-order valence-corrected chi connectivity index (χ0v) is 14.2. The average Bonchev–Trinajstić information content (AvgIpc) is 2.38. The second kappa shape index (κ2) is 12.4. The van der Waals surface area contributed by atoms with Gasteiger partial charge in [-0.05, 0) is 42.6 Å². The van der Waals surface area contributed by atoms with Gasteiger partial charge in [0.25, 0.3) is 0 Å². The molecule has 0 aliphatic heterocycles. The number of hydrogen-bond donors (Lipinski definition) is 0. The first-order valence-corrected chi connectivity index (χ1v) is 9.41. The van der Waals surface area contributed by atoms with Gasteiger partial charge < -0.3 is 0 Å². The first kappa shape index (κ1) is 18.4. The lowest BCUT2D eigenvalue weighted by molar-refractivity contribution is 0.231. The van der Waals surface area contributed by atoms with Crippen molar-refractivity contribution >= 4 is 11.8 Å². The lowest BCUT2D eigenvalue weighted by Crippen LogP contribution is -2.17. The van der Waals surface area contributed by atoms with Crippen molar-refractivity contribution in [3.05, 3.63) is 0 Å². The summed E-state index contributed by atoms with van der Waals surface area (Å²) < 4.78 is 0. The second-order valence-corrected chi connectivity index (χ2v) is 7.42. The Hall–Kier alpha value is 0.350. The van der Waals surface area contributed by atoms with Crippen molar-refractivity contribution in [2.24, 2.45) is 5.41 Å². The van der Waals surface area contributed by atoms with Crippen LogP contribution in [0.2, 0.25) is 0 Å². The molecular weight excluding hydrogens is 236 g/mol. The number of rotatable bonds is 13. The normalized spacial score (nSPS) is 14.7. The summed E-state index contributed by atoms with van der Waals surface area (Å²) in [5, 5.41) is 0. The second-order valence-electron chi connectivity index (χ2n) is 6.03. The van der Waals surface area contributed by atoms with Crippen LogP contribution in [-0.4, -0.2) is 11.5 Å². The molecule has 0 radical (unpaired) electrons. The van der Waals surface area contributed by atoms with E-state index >= 15 is 0 Å². The van der Waals surface area contributed by atoms with E-state index in [1.165, 1.54) is 75.7 Å². The van der Waals surface area contributed by atoms with E-state index < -0.39 is 0 Å². The first-order chi connectivity index (χ1) is 8.68. The fourth-order valence-electron chi connectivity index (χ4n) is 2.70. The lowest BCUT2D eigenvalue weighted by atomic mass is 9.76. The van der Waals surface area contributed by atoms with Crippen LogP contribution in [0, 0.1) is 5.41 Å². The van der Waals surface area contributed by atoms with E-state index in [4.69, 9.17) is 0 Å². The summed E-state index contributed by atoms with van der Waals surface area (Å²) in [4.78, 5) is 0. The molecule has 1 heteroatoms. The molecule has 0 N–H and O–H groups in total. The van der Waals surface area contributed by atoms with E-state index in [0.29, 0.717) is 5.41 Å². The Labute approximate surface area is 121 Å². The molecule has 0 aromatic rings. The first-order valence-electron chi connectivity index (χ1n) is 8.26. The Morgan fingerprint density at radius 3 is 1.94 bits per heavy atom. The summed E-state index contributed by atoms with van der Waals surface area (Å²) in [6.45, 7) is 9.44. The summed E-state index contributed by atoms with van der Waals surface area (Å²) in [6.07, 6.45) is 14.2. The van der Waals surface area contributed by atoms with Crippen molar-refractivity contribution in [2.75, 3.05) is 11.5 Å². The van der Waals surface area contributed by atoms with Gasteiger partial charge in [-0.15, -0.1) is 0 Å². The van der Waals surface area contributed by atoms with Crippen LogP contribution in [-0.2, 0) is 0 Å². The summed E-state index contributed by atoms with van der Waals surface area (Å²) in [5.74, 6) is 2.65. The van der Waals surface area contributed by atoms with E-state index in [-0.39, 0.29) is 0 Å². The van der Waals surface area contributed by atoms with E-state index in [2.05, 4.69) is 39.5 Å². The minimum Gasteiger partial charge on any atom is -0.162 e. The van der Waals surface area contributed by atoms with Crippen molar-refractivity contribution in [3.63, 3.8) is 0 Å². The molecule has 18 heavy (non-hydrogen) atoms. The molecule has 0 fully saturated rings. The van der Waals surface area contributed by atoms with Crippen molar-refractivity contribution in [2.45, 2.75) is 91.9 Å². The lowest BCUT2D eigenvalue weighted by Gasteiger charge is -2.30. The average molecular weight is 273 g/mol. The fourth-order valence-corrected chi connectivity index (χ4v) is 3.34. The fraction of sp³-hybridized carbons (Fsp3) is 1.00. The van der Waals surface area contributed by atoms with Crippen molar-refractivity contribution in [1.82, 2.24) is 0 Å². The summed E-state index contributed by atoms with van der Waals surface area (Å²) >= 11 is 2.10. The van der Waals surface area contributed by atoms with Crippen LogP contribution < -0.4 is 0 Å². The van der Waals surface area contributed by atoms with Gasteiger partial charge in [0.1, 0.15) is 0 Å². The highest BCUT2D eigenvalue weighted by Crippen LogP contribution is 2.36. The van der Waals surface area contributed by atoms with Gasteiger partial charge in [0.2, 0.25) is 0 Å². The maximum atomic E-state index is 2.55. The predicted molar refractivity (Wildman–Crippen MR) is 88.6 cm³/mol. The smallest absolute Gasteiger partial charge is 0.00674 e. The van der Waals surface area contributed by atoms with Crippen LogP contribution in [0.3, 0.4) is 0 Å². The maximum absolute atomic E-state index is 2.55. The molecule has 0 aliphatic rings. The molecule has 0 bridgehead atoms. The van der Waals surface area contributed by atoms with Crippen LogP contribution in [0.1, 0.15) is 91.9 Å². The third kappa shape index (κ3) is 10.3. The molecule has 0 saturated heterocycles. The molecule has 0 rings (SSSR count). The van der Waals surface area contributed by atoms with Crippen LogP contribution >= 0.6 is 11.8 Å². The van der Waals surface area contributed by atoms with Gasteiger partial charge in [-0.2, -0.15) is 11.8 Å². The molecule has 0 aliphatic carbocycles. The van der Waals surface area contributed by atoms with Gasteiger partial charge >= 0.3 is 0 Å². The van der Waals surface area contributed by atoms with E-state index in [0.717, 1.165) is 0 Å². The molecule has 0 heterocycles. The Bertz CT molecular complexity index is 153. The molecule has 0 aromatic carbocycles. The predicted octanol–water partition coefficient (Wildman–Crippen LogP) is 6.69. The summed E-state index contributed by atoms with van der Waals surface area (Å²) in [6, 6.07) is 0. The van der Waals surface area contributed by atoms with E-state index in [1.807, 2.05) is 0 Å². The Kier molecular flexibility index (Phi) is 12.6. The molecule has 0 aromatic heterocycles. The van der Waals surface area contributed by atoms with Gasteiger partial charge in [0, 0.05) is 0 Å². The van der Waals surface area contributed by atoms with Gasteiger partial charge in [0.15, 0.2) is 0 Å². The molecule has 110 valence electrons. The Morgan fingerprint density at radius 2 is 1.33 bits per heavy atom. The molecule has 0 amide bonds. The SMILES string of the molecule is CCCCCCC(C)(CCCC)CCCSCC. The number of hydrogen-bond acceptors (Lipinski definition) is 1. The highest BCUT2D eigenvalue weighted by molar-refractivity contribution is 7.99. The number of thioether (sulfide) groups is 1. The minimum atomic E-state index is 0.637. The maximum Gasteiger partial charge on any atom is -0.00674 e. The number of unbranched alkanes of at least 4 members (excludes halogenated alkanes) is 4. The van der Waals surface area contributed by atoms with Crippen LogP contribution in [0.5, 0.6) is 0 Å². The molecular formula is C17H36S. The van der Waals surface area contributed by atoms with E-state index in [9.17, 15) is 0 Å². The standard InChI is InChI=1S/C17H36S/c1-5-8-10-11-14-17(4,13-9-6-2)15-12-16-18-7-3/h5-16H2,1-4H3. The third-order valence-corrected chi connectivity index (χ3v) is 5.03. The summed E-state index contributed by atoms with van der Waals surface area (Å²) in [7, 11) is 0. The Balaban J connectivity index is 3.90. The highest BCUT2D eigenvalue weighted by atomic mass is 32.2. The third-order valence-electron chi connectivity index (χ3n) is 4.04.